The summed E-state index contributed by atoms with van der Waals surface area (Å²) in [6, 6.07) is 5.56. The smallest absolute Gasteiger partial charge is 0.252 e. The molecule has 0 spiro atoms. The number of hydrogen-bond donors (Lipinski definition) is 1. The molecule has 1 N–H and O–H groups in total. The van der Waals surface area contributed by atoms with E-state index in [1.165, 1.54) is 6.33 Å². The number of carbonyl (C=O) groups is 1. The minimum atomic E-state index is -0.0530. The highest BCUT2D eigenvalue weighted by Gasteiger charge is 2.13. The molecule has 26 heavy (non-hydrogen) atoms. The molecule has 0 aliphatic heterocycles. The Kier molecular flexibility index (Phi) is 5.78. The van der Waals surface area contributed by atoms with Crippen molar-refractivity contribution >= 4 is 40.7 Å². The topological polar surface area (TPSA) is 72.2 Å². The second-order valence-corrected chi connectivity index (χ2v) is 7.60. The number of anilines is 1. The first-order valence-electron chi connectivity index (χ1n) is 8.37. The molecule has 136 valence electrons. The van der Waals surface area contributed by atoms with Crippen LogP contribution >= 0.6 is 23.4 Å². The van der Waals surface area contributed by atoms with Crippen molar-refractivity contribution < 1.29 is 4.79 Å². The molecule has 8 heteroatoms. The Morgan fingerprint density at radius 2 is 2.15 bits per heavy atom. The quantitative estimate of drug-likeness (QED) is 0.643. The summed E-state index contributed by atoms with van der Waals surface area (Å²) in [5.74, 6) is 1.45. The summed E-state index contributed by atoms with van der Waals surface area (Å²) in [4.78, 5) is 22.0. The van der Waals surface area contributed by atoms with Crippen LogP contribution in [0.1, 0.15) is 30.3 Å². The second-order valence-electron chi connectivity index (χ2n) is 5.85. The third kappa shape index (κ3) is 3.99. The Morgan fingerprint density at radius 1 is 1.35 bits per heavy atom. The van der Waals surface area contributed by atoms with E-state index >= 15 is 0 Å². The second kappa shape index (κ2) is 8.05. The van der Waals surface area contributed by atoms with Gasteiger partial charge in [-0.1, -0.05) is 18.5 Å². The minimum absolute atomic E-state index is 0.0530. The maximum Gasteiger partial charge on any atom is 0.252 e. The molecule has 0 atom stereocenters. The molecule has 6 nitrogen and oxygen atoms in total. The van der Waals surface area contributed by atoms with Gasteiger partial charge in [-0.3, -0.25) is 4.79 Å². The van der Waals surface area contributed by atoms with Gasteiger partial charge in [-0.15, -0.1) is 11.8 Å². The summed E-state index contributed by atoms with van der Waals surface area (Å²) in [5.41, 5.74) is 3.61. The molecule has 3 rings (SSSR count). The Bertz CT molecular complexity index is 956. The highest BCUT2D eigenvalue weighted by Crippen LogP contribution is 2.30. The summed E-state index contributed by atoms with van der Waals surface area (Å²) in [6.07, 6.45) is 2.42. The van der Waals surface area contributed by atoms with Crippen LogP contribution in [0.15, 0.2) is 29.4 Å². The number of benzene rings is 1. The average molecular weight is 390 g/mol. The number of rotatable bonds is 6. The zero-order valence-electron chi connectivity index (χ0n) is 14.9. The van der Waals surface area contributed by atoms with Crippen LogP contribution in [0.2, 0.25) is 5.02 Å². The summed E-state index contributed by atoms with van der Waals surface area (Å²) in [6.45, 7) is 5.97. The van der Waals surface area contributed by atoms with Gasteiger partial charge in [-0.05, 0) is 49.8 Å². The van der Waals surface area contributed by atoms with Gasteiger partial charge in [0, 0.05) is 27.7 Å². The van der Waals surface area contributed by atoms with Gasteiger partial charge in [0.1, 0.15) is 6.33 Å². The van der Waals surface area contributed by atoms with E-state index in [1.54, 1.807) is 22.3 Å². The van der Waals surface area contributed by atoms with Crippen molar-refractivity contribution in [3.05, 3.63) is 46.5 Å². The number of aryl methyl sites for hydroxylation is 2. The molecule has 0 aliphatic carbocycles. The van der Waals surface area contributed by atoms with Crippen LogP contribution in [0.25, 0.3) is 5.78 Å². The fourth-order valence-corrected chi connectivity index (χ4v) is 3.76. The van der Waals surface area contributed by atoms with E-state index in [1.807, 2.05) is 26.0 Å². The van der Waals surface area contributed by atoms with Crippen LogP contribution in [0.5, 0.6) is 0 Å². The van der Waals surface area contributed by atoms with E-state index < -0.39 is 0 Å². The lowest BCUT2D eigenvalue weighted by Gasteiger charge is -2.12. The number of hydrogen-bond acceptors (Lipinski definition) is 5. The summed E-state index contributed by atoms with van der Waals surface area (Å²) < 4.78 is 1.70. The zero-order chi connectivity index (χ0) is 18.7. The van der Waals surface area contributed by atoms with Gasteiger partial charge in [0.05, 0.1) is 5.69 Å². The van der Waals surface area contributed by atoms with Crippen LogP contribution in [0.3, 0.4) is 0 Å². The molecule has 1 aromatic carbocycles. The van der Waals surface area contributed by atoms with Crippen LogP contribution < -0.4 is 5.32 Å². The monoisotopic (exact) mass is 389 g/mol. The van der Waals surface area contributed by atoms with Gasteiger partial charge in [-0.2, -0.15) is 10.1 Å². The van der Waals surface area contributed by atoms with Crippen molar-refractivity contribution in [2.24, 2.45) is 0 Å². The molecule has 0 saturated heterocycles. The predicted octanol–water partition coefficient (Wildman–Crippen LogP) is 4.08. The molecule has 0 saturated carbocycles. The number of amides is 1. The van der Waals surface area contributed by atoms with Crippen molar-refractivity contribution in [1.82, 2.24) is 19.6 Å². The molecule has 3 aromatic rings. The van der Waals surface area contributed by atoms with Crippen molar-refractivity contribution in [2.45, 2.75) is 38.5 Å². The number of nitrogens with zero attached hydrogens (tertiary/aromatic N) is 4. The molecule has 0 fully saturated rings. The fraction of sp³-hybridized carbons (Fsp3) is 0.333. The van der Waals surface area contributed by atoms with Crippen LogP contribution in [-0.2, 0) is 11.2 Å². The van der Waals surface area contributed by atoms with Crippen molar-refractivity contribution in [3.63, 3.8) is 0 Å². The maximum atomic E-state index is 12.5. The molecule has 1 amide bonds. The molecule has 0 unspecified atom stereocenters. The summed E-state index contributed by atoms with van der Waals surface area (Å²) >= 11 is 7.75. The third-order valence-corrected chi connectivity index (χ3v) is 5.30. The van der Waals surface area contributed by atoms with Crippen molar-refractivity contribution in [3.8, 4) is 0 Å². The van der Waals surface area contributed by atoms with Gasteiger partial charge in [0.2, 0.25) is 5.91 Å². The summed E-state index contributed by atoms with van der Waals surface area (Å²) in [7, 11) is 0. The van der Waals surface area contributed by atoms with Crippen LogP contribution in [0.4, 0.5) is 5.69 Å². The molecule has 0 radical (unpaired) electrons. The standard InChI is InChI=1S/C18H20ClN5OS/c1-4-26-16-7-5-13(19)9-15(16)23-17(25)8-6-14-11(2)22-18-20-10-21-24(18)12(14)3/h5,7,9-10H,4,6,8H2,1-3H3,(H,23,25). The van der Waals surface area contributed by atoms with E-state index in [0.717, 1.165) is 33.3 Å². The van der Waals surface area contributed by atoms with E-state index in [9.17, 15) is 4.79 Å². The Morgan fingerprint density at radius 3 is 2.92 bits per heavy atom. The Balaban J connectivity index is 1.73. The lowest BCUT2D eigenvalue weighted by Crippen LogP contribution is -2.15. The Labute approximate surface area is 161 Å². The molecular formula is C18H20ClN5OS. The molecular weight excluding hydrogens is 370 g/mol. The maximum absolute atomic E-state index is 12.5. The average Bonchev–Trinajstić information content (AvgIpc) is 3.05. The first-order valence-corrected chi connectivity index (χ1v) is 9.74. The van der Waals surface area contributed by atoms with E-state index in [2.05, 4.69) is 27.3 Å². The number of halogens is 1. The lowest BCUT2D eigenvalue weighted by molar-refractivity contribution is -0.116. The molecule has 2 heterocycles. The predicted molar refractivity (Wildman–Crippen MR) is 105 cm³/mol. The van der Waals surface area contributed by atoms with E-state index in [4.69, 9.17) is 11.6 Å². The van der Waals surface area contributed by atoms with Crippen molar-refractivity contribution in [1.29, 1.82) is 0 Å². The number of thioether (sulfide) groups is 1. The zero-order valence-corrected chi connectivity index (χ0v) is 16.5. The van der Waals surface area contributed by atoms with Gasteiger partial charge < -0.3 is 5.32 Å². The number of fused-ring (bicyclic) bond motifs is 1. The van der Waals surface area contributed by atoms with E-state index in [0.29, 0.717) is 23.6 Å². The summed E-state index contributed by atoms with van der Waals surface area (Å²) in [5, 5.41) is 7.76. The van der Waals surface area contributed by atoms with E-state index in [-0.39, 0.29) is 5.91 Å². The lowest BCUT2D eigenvalue weighted by atomic mass is 10.1. The van der Waals surface area contributed by atoms with Crippen LogP contribution in [-0.4, -0.2) is 31.2 Å². The Hall–Kier alpha value is -2.12. The highest BCUT2D eigenvalue weighted by molar-refractivity contribution is 7.99. The molecule has 0 aliphatic rings. The number of carbonyl (C=O) groups excluding carboxylic acids is 1. The first-order chi connectivity index (χ1) is 12.5. The van der Waals surface area contributed by atoms with Gasteiger partial charge in [0.25, 0.3) is 5.78 Å². The SMILES string of the molecule is CCSc1ccc(Cl)cc1NC(=O)CCc1c(C)nc2ncnn2c1C. The fourth-order valence-electron chi connectivity index (χ4n) is 2.85. The number of aromatic nitrogens is 4. The minimum Gasteiger partial charge on any atom is -0.325 e. The highest BCUT2D eigenvalue weighted by atomic mass is 35.5. The van der Waals surface area contributed by atoms with Crippen LogP contribution in [0, 0.1) is 13.8 Å². The van der Waals surface area contributed by atoms with Crippen molar-refractivity contribution in [2.75, 3.05) is 11.1 Å². The molecule has 0 bridgehead atoms. The third-order valence-electron chi connectivity index (χ3n) is 4.11. The largest absolute Gasteiger partial charge is 0.325 e. The first kappa shape index (κ1) is 18.7. The van der Waals surface area contributed by atoms with Gasteiger partial charge in [0.15, 0.2) is 0 Å². The van der Waals surface area contributed by atoms with Gasteiger partial charge in [-0.25, -0.2) is 9.50 Å². The normalized spacial score (nSPS) is 11.1. The van der Waals surface area contributed by atoms with Gasteiger partial charge >= 0.3 is 0 Å². The molecule has 2 aromatic heterocycles. The number of nitrogens with one attached hydrogen (secondary N) is 1.